The van der Waals surface area contributed by atoms with Crippen LogP contribution in [0, 0.1) is 5.41 Å². The van der Waals surface area contributed by atoms with Gasteiger partial charge in [-0.05, 0) is 69.2 Å². The average Bonchev–Trinajstić information content (AvgIpc) is 2.63. The van der Waals surface area contributed by atoms with Crippen LogP contribution in [0.1, 0.15) is 31.0 Å². The van der Waals surface area contributed by atoms with Gasteiger partial charge in [-0.1, -0.05) is 43.1 Å². The van der Waals surface area contributed by atoms with Crippen molar-refractivity contribution in [2.75, 3.05) is 5.32 Å². The lowest BCUT2D eigenvalue weighted by atomic mass is 9.85. The third-order valence-corrected chi connectivity index (χ3v) is 5.20. The van der Waals surface area contributed by atoms with E-state index in [9.17, 15) is 0 Å². The fourth-order valence-corrected chi connectivity index (χ4v) is 4.02. The van der Waals surface area contributed by atoms with Crippen molar-refractivity contribution >= 4 is 44.8 Å². The maximum Gasteiger partial charge on any atom is 0.0571 e. The highest BCUT2D eigenvalue weighted by molar-refractivity contribution is 9.10. The molecule has 2 aromatic rings. The van der Waals surface area contributed by atoms with Gasteiger partial charge in [0.25, 0.3) is 0 Å². The fourth-order valence-electron chi connectivity index (χ4n) is 3.04. The smallest absolute Gasteiger partial charge is 0.0571 e. The van der Waals surface area contributed by atoms with Gasteiger partial charge in [0.05, 0.1) is 6.04 Å². The lowest BCUT2D eigenvalue weighted by molar-refractivity contribution is 0.337. The van der Waals surface area contributed by atoms with Crippen LogP contribution in [0.25, 0.3) is 0 Å². The van der Waals surface area contributed by atoms with Crippen LogP contribution in [0.3, 0.4) is 0 Å². The third kappa shape index (κ3) is 2.94. The van der Waals surface area contributed by atoms with Crippen molar-refractivity contribution in [1.29, 1.82) is 0 Å². The van der Waals surface area contributed by atoms with E-state index >= 15 is 0 Å². The topological polar surface area (TPSA) is 12.0 Å². The van der Waals surface area contributed by atoms with E-state index in [0.717, 1.165) is 26.6 Å². The second-order valence-electron chi connectivity index (χ2n) is 6.21. The average molecular weight is 385 g/mol. The summed E-state index contributed by atoms with van der Waals surface area (Å²) in [5, 5.41) is 5.16. The van der Waals surface area contributed by atoms with Crippen LogP contribution in [0.5, 0.6) is 0 Å². The van der Waals surface area contributed by atoms with E-state index in [-0.39, 0.29) is 11.5 Å². The van der Waals surface area contributed by atoms with Gasteiger partial charge in [-0.2, -0.15) is 0 Å². The molecule has 0 amide bonds. The number of nitrogens with one attached hydrogen (secondary N) is 1. The van der Waals surface area contributed by atoms with Crippen molar-refractivity contribution in [1.82, 2.24) is 0 Å². The lowest BCUT2D eigenvalue weighted by Gasteiger charge is -2.30. The van der Waals surface area contributed by atoms with Crippen LogP contribution in [-0.4, -0.2) is 0 Å². The number of fused-ring (bicyclic) bond motifs is 1. The van der Waals surface area contributed by atoms with Gasteiger partial charge in [0.1, 0.15) is 0 Å². The Bertz CT molecular complexity index is 697. The molecule has 2 aromatic carbocycles. The normalized spacial score (nSPS) is 19.4. The molecule has 1 aliphatic carbocycles. The Balaban J connectivity index is 1.99. The number of benzene rings is 2. The van der Waals surface area contributed by atoms with Crippen LogP contribution in [0.4, 0.5) is 5.69 Å². The number of hydrogen-bond donors (Lipinski definition) is 1. The molecule has 0 bridgehead atoms. The highest BCUT2D eigenvalue weighted by atomic mass is 79.9. The number of hydrogen-bond acceptors (Lipinski definition) is 1. The second kappa shape index (κ2) is 5.49. The zero-order valence-electron chi connectivity index (χ0n) is 11.9. The minimum atomic E-state index is 0.131. The molecular formula is C17H16BrCl2N. The molecule has 0 spiro atoms. The number of halogens is 3. The fraction of sp³-hybridized carbons (Fsp3) is 0.294. The van der Waals surface area contributed by atoms with Gasteiger partial charge in [-0.3, -0.25) is 0 Å². The molecule has 21 heavy (non-hydrogen) atoms. The Kier molecular flexibility index (Phi) is 3.98. The van der Waals surface area contributed by atoms with E-state index in [0.29, 0.717) is 0 Å². The Labute approximate surface area is 143 Å². The maximum atomic E-state index is 6.18. The van der Waals surface area contributed by atoms with Crippen LogP contribution < -0.4 is 5.32 Å². The summed E-state index contributed by atoms with van der Waals surface area (Å²) in [7, 11) is 0. The highest BCUT2D eigenvalue weighted by Gasteiger charge is 2.39. The first-order valence-electron chi connectivity index (χ1n) is 6.87. The van der Waals surface area contributed by atoms with E-state index < -0.39 is 0 Å². The summed E-state index contributed by atoms with van der Waals surface area (Å²) in [5.41, 5.74) is 3.83. The molecule has 3 rings (SSSR count). The van der Waals surface area contributed by atoms with E-state index in [1.54, 1.807) is 0 Å². The molecule has 1 nitrogen and oxygen atoms in total. The molecule has 0 saturated carbocycles. The van der Waals surface area contributed by atoms with E-state index in [1.165, 1.54) is 11.1 Å². The Morgan fingerprint density at radius 3 is 2.48 bits per heavy atom. The van der Waals surface area contributed by atoms with Crippen molar-refractivity contribution < 1.29 is 0 Å². The molecule has 1 atom stereocenters. The van der Waals surface area contributed by atoms with Gasteiger partial charge in [-0.25, -0.2) is 0 Å². The Hall–Kier alpha value is -0.700. The van der Waals surface area contributed by atoms with Crippen molar-refractivity contribution in [2.45, 2.75) is 26.3 Å². The van der Waals surface area contributed by atoms with Gasteiger partial charge >= 0.3 is 0 Å². The first-order chi connectivity index (χ1) is 9.87. The SMILES string of the molecule is CC1(C)Cc2ccc(Cl)cc2C1Nc1ccc(Cl)cc1Br. The van der Waals surface area contributed by atoms with Gasteiger partial charge in [0, 0.05) is 20.2 Å². The Morgan fingerprint density at radius 1 is 1.10 bits per heavy atom. The largest absolute Gasteiger partial charge is 0.377 e. The molecule has 0 saturated heterocycles. The zero-order chi connectivity index (χ0) is 15.2. The molecule has 110 valence electrons. The summed E-state index contributed by atoms with van der Waals surface area (Å²) in [6, 6.07) is 12.2. The van der Waals surface area contributed by atoms with E-state index in [4.69, 9.17) is 23.2 Å². The van der Waals surface area contributed by atoms with Crippen LogP contribution >= 0.6 is 39.1 Å². The quantitative estimate of drug-likeness (QED) is 0.623. The molecule has 0 radical (unpaired) electrons. The molecule has 0 aliphatic heterocycles. The van der Waals surface area contributed by atoms with Crippen molar-refractivity contribution in [2.24, 2.45) is 5.41 Å². The van der Waals surface area contributed by atoms with Crippen LogP contribution in [0.2, 0.25) is 10.0 Å². The highest BCUT2D eigenvalue weighted by Crippen LogP contribution is 2.48. The molecule has 1 aliphatic rings. The number of anilines is 1. The Morgan fingerprint density at radius 2 is 1.76 bits per heavy atom. The molecule has 0 heterocycles. The summed E-state index contributed by atoms with van der Waals surface area (Å²) < 4.78 is 0.973. The molecule has 1 unspecified atom stereocenters. The summed E-state index contributed by atoms with van der Waals surface area (Å²) >= 11 is 15.8. The van der Waals surface area contributed by atoms with Gasteiger partial charge in [0.2, 0.25) is 0 Å². The number of rotatable bonds is 2. The predicted molar refractivity (Wildman–Crippen MR) is 94.5 cm³/mol. The van der Waals surface area contributed by atoms with E-state index in [1.807, 2.05) is 24.3 Å². The summed E-state index contributed by atoms with van der Waals surface area (Å²) in [6.45, 7) is 4.56. The van der Waals surface area contributed by atoms with Gasteiger partial charge < -0.3 is 5.32 Å². The first-order valence-corrected chi connectivity index (χ1v) is 8.42. The zero-order valence-corrected chi connectivity index (χ0v) is 15.0. The third-order valence-electron chi connectivity index (χ3n) is 4.08. The standard InChI is InChI=1S/C17H16BrCl2N/c1-17(2)9-10-3-4-11(19)7-13(10)16(17)21-15-6-5-12(20)8-14(15)18/h3-8,16,21H,9H2,1-2H3. The summed E-state index contributed by atoms with van der Waals surface area (Å²) in [4.78, 5) is 0. The summed E-state index contributed by atoms with van der Waals surface area (Å²) in [6.07, 6.45) is 1.04. The monoisotopic (exact) mass is 383 g/mol. The lowest BCUT2D eigenvalue weighted by Crippen LogP contribution is -2.24. The van der Waals surface area contributed by atoms with Crippen LogP contribution in [0.15, 0.2) is 40.9 Å². The molecule has 1 N–H and O–H groups in total. The molecule has 0 fully saturated rings. The maximum absolute atomic E-state index is 6.18. The minimum absolute atomic E-state index is 0.131. The minimum Gasteiger partial charge on any atom is -0.377 e. The van der Waals surface area contributed by atoms with Crippen LogP contribution in [-0.2, 0) is 6.42 Å². The van der Waals surface area contributed by atoms with E-state index in [2.05, 4.69) is 47.2 Å². The van der Waals surface area contributed by atoms with Crippen molar-refractivity contribution in [3.05, 3.63) is 62.0 Å². The molecule has 0 aromatic heterocycles. The first kappa shape index (κ1) is 15.2. The second-order valence-corrected chi connectivity index (χ2v) is 7.94. The summed E-state index contributed by atoms with van der Waals surface area (Å²) in [5.74, 6) is 0. The van der Waals surface area contributed by atoms with Gasteiger partial charge in [0.15, 0.2) is 0 Å². The molecule has 4 heteroatoms. The van der Waals surface area contributed by atoms with Crippen molar-refractivity contribution in [3.8, 4) is 0 Å². The van der Waals surface area contributed by atoms with Gasteiger partial charge in [-0.15, -0.1) is 0 Å². The molecular weight excluding hydrogens is 369 g/mol. The predicted octanol–water partition coefficient (Wildman–Crippen LogP) is 6.49. The van der Waals surface area contributed by atoms with Crippen molar-refractivity contribution in [3.63, 3.8) is 0 Å².